The van der Waals surface area contributed by atoms with Gasteiger partial charge in [-0.2, -0.15) is 13.2 Å². The van der Waals surface area contributed by atoms with Crippen LogP contribution in [0.2, 0.25) is 0 Å². The Labute approximate surface area is 88.9 Å². The second-order valence-electron chi connectivity index (χ2n) is 3.25. The van der Waals surface area contributed by atoms with Crippen molar-refractivity contribution in [1.82, 2.24) is 4.57 Å². The van der Waals surface area contributed by atoms with E-state index >= 15 is 0 Å². The highest BCUT2D eigenvalue weighted by atomic mass is 19.4. The van der Waals surface area contributed by atoms with E-state index in [1.807, 2.05) is 0 Å². The molecule has 0 unspecified atom stereocenters. The molecule has 1 aromatic carbocycles. The van der Waals surface area contributed by atoms with Gasteiger partial charge in [0.2, 0.25) is 0 Å². The van der Waals surface area contributed by atoms with Crippen molar-refractivity contribution in [3.63, 3.8) is 0 Å². The summed E-state index contributed by atoms with van der Waals surface area (Å²) in [4.78, 5) is 0. The molecular formula is C11H7F4N. The highest BCUT2D eigenvalue weighted by Gasteiger charge is 2.34. The fourth-order valence-electron chi connectivity index (χ4n) is 1.40. The molecule has 2 aromatic rings. The summed E-state index contributed by atoms with van der Waals surface area (Å²) in [5, 5.41) is 0. The molecule has 0 saturated carbocycles. The molecule has 5 heteroatoms. The van der Waals surface area contributed by atoms with Crippen molar-refractivity contribution in [3.05, 3.63) is 54.1 Å². The van der Waals surface area contributed by atoms with E-state index < -0.39 is 17.6 Å². The lowest BCUT2D eigenvalue weighted by Gasteiger charge is -2.10. The molecule has 0 amide bonds. The van der Waals surface area contributed by atoms with Gasteiger partial charge < -0.3 is 4.57 Å². The van der Waals surface area contributed by atoms with E-state index in [-0.39, 0.29) is 5.69 Å². The minimum Gasteiger partial charge on any atom is -0.324 e. The minimum atomic E-state index is -4.67. The van der Waals surface area contributed by atoms with Gasteiger partial charge >= 0.3 is 6.18 Å². The van der Waals surface area contributed by atoms with Gasteiger partial charge in [-0.3, -0.25) is 0 Å². The Balaban J connectivity index is 2.52. The molecule has 0 aliphatic carbocycles. The molecule has 0 bridgehead atoms. The highest BCUT2D eigenvalue weighted by Crippen LogP contribution is 2.32. The van der Waals surface area contributed by atoms with Gasteiger partial charge in [-0.25, -0.2) is 4.39 Å². The van der Waals surface area contributed by atoms with Gasteiger partial charge in [0.15, 0.2) is 0 Å². The third kappa shape index (κ3) is 1.93. The van der Waals surface area contributed by atoms with Crippen LogP contribution >= 0.6 is 0 Å². The summed E-state index contributed by atoms with van der Waals surface area (Å²) in [6.45, 7) is 0. The van der Waals surface area contributed by atoms with Crippen LogP contribution in [0.3, 0.4) is 0 Å². The van der Waals surface area contributed by atoms with E-state index in [0.717, 1.165) is 12.1 Å². The molecule has 0 radical (unpaired) electrons. The molecule has 0 saturated heterocycles. The molecule has 84 valence electrons. The first-order chi connectivity index (χ1) is 7.48. The molecule has 1 aromatic heterocycles. The molecule has 0 aliphatic heterocycles. The number of alkyl halides is 3. The highest BCUT2D eigenvalue weighted by molar-refractivity contribution is 5.38. The van der Waals surface area contributed by atoms with Crippen LogP contribution in [0.15, 0.2) is 42.7 Å². The van der Waals surface area contributed by atoms with E-state index in [0.29, 0.717) is 0 Å². The van der Waals surface area contributed by atoms with Crippen LogP contribution < -0.4 is 0 Å². The largest absolute Gasteiger partial charge is 0.419 e. The van der Waals surface area contributed by atoms with E-state index in [1.165, 1.54) is 10.6 Å². The summed E-state index contributed by atoms with van der Waals surface area (Å²) in [6, 6.07) is 6.26. The first kappa shape index (κ1) is 10.7. The normalized spacial score (nSPS) is 11.8. The van der Waals surface area contributed by atoms with Crippen LogP contribution in [-0.4, -0.2) is 4.57 Å². The Morgan fingerprint density at radius 2 is 1.62 bits per heavy atom. The smallest absolute Gasteiger partial charge is 0.324 e. The van der Waals surface area contributed by atoms with Crippen LogP contribution in [0.25, 0.3) is 5.69 Å². The Kier molecular flexibility index (Phi) is 2.46. The van der Waals surface area contributed by atoms with Gasteiger partial charge in [0.05, 0.1) is 5.56 Å². The number of benzene rings is 1. The maximum Gasteiger partial charge on any atom is 0.419 e. The standard InChI is InChI=1S/C11H7F4N/c12-10-4-3-8(16-5-1-2-6-16)7-9(10)11(13,14)15/h1-7H. The van der Waals surface area contributed by atoms with E-state index in [1.54, 1.807) is 24.5 Å². The predicted molar refractivity (Wildman–Crippen MR) is 50.7 cm³/mol. The topological polar surface area (TPSA) is 4.93 Å². The second-order valence-corrected chi connectivity index (χ2v) is 3.25. The maximum atomic E-state index is 13.0. The third-order valence-corrected chi connectivity index (χ3v) is 2.16. The monoisotopic (exact) mass is 229 g/mol. The summed E-state index contributed by atoms with van der Waals surface area (Å²) in [7, 11) is 0. The van der Waals surface area contributed by atoms with Gasteiger partial charge in [0.1, 0.15) is 5.82 Å². The Bertz CT molecular complexity index is 485. The van der Waals surface area contributed by atoms with E-state index in [9.17, 15) is 17.6 Å². The zero-order valence-corrected chi connectivity index (χ0v) is 8.00. The first-order valence-corrected chi connectivity index (χ1v) is 4.48. The zero-order valence-electron chi connectivity index (χ0n) is 8.00. The van der Waals surface area contributed by atoms with Crippen molar-refractivity contribution in [2.24, 2.45) is 0 Å². The molecule has 0 fully saturated rings. The van der Waals surface area contributed by atoms with Gasteiger partial charge in [-0.05, 0) is 30.3 Å². The predicted octanol–water partition coefficient (Wildman–Crippen LogP) is 3.64. The quantitative estimate of drug-likeness (QED) is 0.658. The van der Waals surface area contributed by atoms with Crippen molar-refractivity contribution in [3.8, 4) is 5.69 Å². The Morgan fingerprint density at radius 3 is 2.19 bits per heavy atom. The van der Waals surface area contributed by atoms with Gasteiger partial charge in [-0.1, -0.05) is 0 Å². The lowest BCUT2D eigenvalue weighted by atomic mass is 10.2. The molecule has 16 heavy (non-hydrogen) atoms. The van der Waals surface area contributed by atoms with Gasteiger partial charge in [0, 0.05) is 18.1 Å². The van der Waals surface area contributed by atoms with Crippen molar-refractivity contribution >= 4 is 0 Å². The SMILES string of the molecule is Fc1ccc(-n2cccc2)cc1C(F)(F)F. The van der Waals surface area contributed by atoms with Crippen LogP contribution in [0, 0.1) is 5.82 Å². The summed E-state index contributed by atoms with van der Waals surface area (Å²) < 4.78 is 51.7. The minimum absolute atomic E-state index is 0.277. The average molecular weight is 229 g/mol. The van der Waals surface area contributed by atoms with Gasteiger partial charge in [0.25, 0.3) is 0 Å². The van der Waals surface area contributed by atoms with E-state index in [4.69, 9.17) is 0 Å². The fourth-order valence-corrected chi connectivity index (χ4v) is 1.40. The lowest BCUT2D eigenvalue weighted by molar-refractivity contribution is -0.140. The van der Waals surface area contributed by atoms with Crippen LogP contribution in [0.4, 0.5) is 17.6 Å². The third-order valence-electron chi connectivity index (χ3n) is 2.16. The number of halogens is 4. The van der Waals surface area contributed by atoms with Crippen molar-refractivity contribution in [1.29, 1.82) is 0 Å². The number of hydrogen-bond acceptors (Lipinski definition) is 0. The fraction of sp³-hybridized carbons (Fsp3) is 0.0909. The maximum absolute atomic E-state index is 13.0. The van der Waals surface area contributed by atoms with Crippen molar-refractivity contribution in [2.45, 2.75) is 6.18 Å². The molecule has 0 spiro atoms. The molecule has 0 aliphatic rings. The number of rotatable bonds is 1. The summed E-state index contributed by atoms with van der Waals surface area (Å²) in [5.41, 5.74) is -0.975. The molecule has 1 heterocycles. The first-order valence-electron chi connectivity index (χ1n) is 4.48. The zero-order chi connectivity index (χ0) is 11.8. The average Bonchev–Trinajstić information content (AvgIpc) is 2.69. The molecule has 0 N–H and O–H groups in total. The molecule has 0 atom stereocenters. The second kappa shape index (κ2) is 3.66. The number of hydrogen-bond donors (Lipinski definition) is 0. The van der Waals surface area contributed by atoms with Crippen LogP contribution in [0.1, 0.15) is 5.56 Å². The van der Waals surface area contributed by atoms with Crippen LogP contribution in [-0.2, 0) is 6.18 Å². The number of aromatic nitrogens is 1. The summed E-state index contributed by atoms with van der Waals surface area (Å²) >= 11 is 0. The molecular weight excluding hydrogens is 222 g/mol. The van der Waals surface area contributed by atoms with Gasteiger partial charge in [-0.15, -0.1) is 0 Å². The number of nitrogens with zero attached hydrogens (tertiary/aromatic N) is 1. The molecule has 2 rings (SSSR count). The Hall–Kier alpha value is -1.78. The Morgan fingerprint density at radius 1 is 1.00 bits per heavy atom. The van der Waals surface area contributed by atoms with Crippen molar-refractivity contribution in [2.75, 3.05) is 0 Å². The van der Waals surface area contributed by atoms with Crippen molar-refractivity contribution < 1.29 is 17.6 Å². The van der Waals surface area contributed by atoms with Crippen LogP contribution in [0.5, 0.6) is 0 Å². The summed E-state index contributed by atoms with van der Waals surface area (Å²) in [5.74, 6) is -1.26. The molecule has 1 nitrogen and oxygen atoms in total. The summed E-state index contributed by atoms with van der Waals surface area (Å²) in [6.07, 6.45) is -1.49. The lowest BCUT2D eigenvalue weighted by Crippen LogP contribution is -2.09. The van der Waals surface area contributed by atoms with E-state index in [2.05, 4.69) is 0 Å².